The second-order valence-electron chi connectivity index (χ2n) is 5.29. The molecule has 2 saturated heterocycles. The Hall–Kier alpha value is -0.120. The Morgan fingerprint density at radius 1 is 1.19 bits per heavy atom. The fraction of sp³-hybridized carbons (Fsp3) is 1.00. The third kappa shape index (κ3) is 3.72. The van der Waals surface area contributed by atoms with E-state index >= 15 is 0 Å². The molecule has 16 heavy (non-hydrogen) atoms. The summed E-state index contributed by atoms with van der Waals surface area (Å²) in [4.78, 5) is 2.60. The van der Waals surface area contributed by atoms with Crippen molar-refractivity contribution >= 4 is 0 Å². The molecule has 0 radical (unpaired) electrons. The van der Waals surface area contributed by atoms with Crippen LogP contribution in [0.25, 0.3) is 0 Å². The van der Waals surface area contributed by atoms with Crippen molar-refractivity contribution in [2.24, 2.45) is 5.92 Å². The molecule has 2 fully saturated rings. The molecular formula is C13H26N2O. The molecule has 2 aliphatic heterocycles. The van der Waals surface area contributed by atoms with Crippen LogP contribution in [0.3, 0.4) is 0 Å². The predicted molar refractivity (Wildman–Crippen MR) is 66.7 cm³/mol. The highest BCUT2D eigenvalue weighted by Crippen LogP contribution is 2.19. The first-order chi connectivity index (χ1) is 7.88. The van der Waals surface area contributed by atoms with E-state index in [4.69, 9.17) is 4.74 Å². The van der Waals surface area contributed by atoms with Gasteiger partial charge in [0.05, 0.1) is 6.10 Å². The summed E-state index contributed by atoms with van der Waals surface area (Å²) in [5.74, 6) is 0.897. The van der Waals surface area contributed by atoms with Crippen molar-refractivity contribution in [3.05, 3.63) is 0 Å². The number of rotatable bonds is 4. The van der Waals surface area contributed by atoms with Crippen molar-refractivity contribution in [1.82, 2.24) is 10.2 Å². The summed E-state index contributed by atoms with van der Waals surface area (Å²) >= 11 is 0. The molecule has 94 valence electrons. The molecule has 0 aliphatic carbocycles. The van der Waals surface area contributed by atoms with Crippen LogP contribution in [-0.2, 0) is 4.74 Å². The number of hydrogen-bond donors (Lipinski definition) is 1. The highest BCUT2D eigenvalue weighted by molar-refractivity contribution is 4.76. The van der Waals surface area contributed by atoms with Gasteiger partial charge in [-0.05, 0) is 64.7 Å². The molecule has 2 heterocycles. The summed E-state index contributed by atoms with van der Waals surface area (Å²) in [5.41, 5.74) is 0. The SMILES string of the molecule is CNCC1CCN(CC2CCCCO2)CC1. The lowest BCUT2D eigenvalue weighted by Gasteiger charge is -2.35. The van der Waals surface area contributed by atoms with Gasteiger partial charge < -0.3 is 15.0 Å². The van der Waals surface area contributed by atoms with Gasteiger partial charge >= 0.3 is 0 Å². The van der Waals surface area contributed by atoms with E-state index in [1.165, 1.54) is 58.3 Å². The van der Waals surface area contributed by atoms with Gasteiger partial charge in [0.1, 0.15) is 0 Å². The van der Waals surface area contributed by atoms with Gasteiger partial charge in [0.2, 0.25) is 0 Å². The van der Waals surface area contributed by atoms with Crippen LogP contribution in [0, 0.1) is 5.92 Å². The summed E-state index contributed by atoms with van der Waals surface area (Å²) in [7, 11) is 2.06. The van der Waals surface area contributed by atoms with Crippen LogP contribution in [0.5, 0.6) is 0 Å². The minimum absolute atomic E-state index is 0.523. The number of ether oxygens (including phenoxy) is 1. The maximum atomic E-state index is 5.80. The molecule has 1 N–H and O–H groups in total. The Labute approximate surface area is 99.5 Å². The second kappa shape index (κ2) is 6.58. The molecule has 0 bridgehead atoms. The number of piperidine rings is 1. The van der Waals surface area contributed by atoms with Gasteiger partial charge in [-0.1, -0.05) is 0 Å². The Bertz CT molecular complexity index is 184. The van der Waals surface area contributed by atoms with E-state index in [1.54, 1.807) is 0 Å². The van der Waals surface area contributed by atoms with Crippen molar-refractivity contribution in [2.45, 2.75) is 38.2 Å². The smallest absolute Gasteiger partial charge is 0.0702 e. The molecule has 2 rings (SSSR count). The van der Waals surface area contributed by atoms with Crippen molar-refractivity contribution in [1.29, 1.82) is 0 Å². The number of nitrogens with one attached hydrogen (secondary N) is 1. The lowest BCUT2D eigenvalue weighted by molar-refractivity contribution is -0.0111. The van der Waals surface area contributed by atoms with Gasteiger partial charge in [0.25, 0.3) is 0 Å². The quantitative estimate of drug-likeness (QED) is 0.786. The average Bonchev–Trinajstić information content (AvgIpc) is 2.33. The average molecular weight is 226 g/mol. The summed E-state index contributed by atoms with van der Waals surface area (Å²) in [6.07, 6.45) is 7.13. The Morgan fingerprint density at radius 2 is 2.00 bits per heavy atom. The van der Waals surface area contributed by atoms with Crippen molar-refractivity contribution in [3.8, 4) is 0 Å². The summed E-state index contributed by atoms with van der Waals surface area (Å²) in [5, 5.41) is 3.29. The fourth-order valence-electron chi connectivity index (χ4n) is 2.90. The van der Waals surface area contributed by atoms with Crippen LogP contribution in [0.2, 0.25) is 0 Å². The van der Waals surface area contributed by atoms with E-state index in [9.17, 15) is 0 Å². The first kappa shape index (κ1) is 12.3. The first-order valence-electron chi connectivity index (χ1n) is 6.87. The summed E-state index contributed by atoms with van der Waals surface area (Å²) in [6, 6.07) is 0. The van der Waals surface area contributed by atoms with Gasteiger partial charge in [-0.2, -0.15) is 0 Å². The third-order valence-electron chi connectivity index (χ3n) is 3.94. The highest BCUT2D eigenvalue weighted by Gasteiger charge is 2.22. The fourth-order valence-corrected chi connectivity index (χ4v) is 2.90. The van der Waals surface area contributed by atoms with Crippen LogP contribution >= 0.6 is 0 Å². The summed E-state index contributed by atoms with van der Waals surface area (Å²) < 4.78 is 5.80. The molecule has 1 unspecified atom stereocenters. The van der Waals surface area contributed by atoms with Crippen molar-refractivity contribution in [2.75, 3.05) is 39.8 Å². The van der Waals surface area contributed by atoms with E-state index in [2.05, 4.69) is 17.3 Å². The lowest BCUT2D eigenvalue weighted by atomic mass is 9.96. The third-order valence-corrected chi connectivity index (χ3v) is 3.94. The van der Waals surface area contributed by atoms with Crippen LogP contribution in [0.1, 0.15) is 32.1 Å². The van der Waals surface area contributed by atoms with Crippen LogP contribution in [0.15, 0.2) is 0 Å². The molecule has 3 nitrogen and oxygen atoms in total. The monoisotopic (exact) mass is 226 g/mol. The molecule has 3 heteroatoms. The van der Waals surface area contributed by atoms with E-state index in [1.807, 2.05) is 0 Å². The maximum absolute atomic E-state index is 5.80. The molecule has 1 atom stereocenters. The lowest BCUT2D eigenvalue weighted by Crippen LogP contribution is -2.42. The second-order valence-corrected chi connectivity index (χ2v) is 5.29. The molecule has 0 spiro atoms. The predicted octanol–water partition coefficient (Wildman–Crippen LogP) is 1.49. The van der Waals surface area contributed by atoms with Gasteiger partial charge in [-0.25, -0.2) is 0 Å². The number of likely N-dealkylation sites (tertiary alicyclic amines) is 1. The van der Waals surface area contributed by atoms with Gasteiger partial charge in [0.15, 0.2) is 0 Å². The van der Waals surface area contributed by atoms with Gasteiger partial charge in [-0.15, -0.1) is 0 Å². The molecule has 0 aromatic rings. The zero-order chi connectivity index (χ0) is 11.2. The van der Waals surface area contributed by atoms with Crippen molar-refractivity contribution in [3.63, 3.8) is 0 Å². The molecule has 0 aromatic carbocycles. The Morgan fingerprint density at radius 3 is 2.62 bits per heavy atom. The Kier molecular flexibility index (Phi) is 5.07. The van der Waals surface area contributed by atoms with E-state index in [-0.39, 0.29) is 0 Å². The van der Waals surface area contributed by atoms with Crippen LogP contribution in [-0.4, -0.2) is 50.8 Å². The zero-order valence-corrected chi connectivity index (χ0v) is 10.6. The molecular weight excluding hydrogens is 200 g/mol. The standard InChI is InChI=1S/C13H26N2O/c1-14-10-12-5-7-15(8-6-12)11-13-4-2-3-9-16-13/h12-14H,2-11H2,1H3. The Balaban J connectivity index is 1.64. The minimum Gasteiger partial charge on any atom is -0.377 e. The molecule has 0 aromatic heterocycles. The molecule has 2 aliphatic rings. The highest BCUT2D eigenvalue weighted by atomic mass is 16.5. The maximum Gasteiger partial charge on any atom is 0.0702 e. The number of hydrogen-bond acceptors (Lipinski definition) is 3. The van der Waals surface area contributed by atoms with Crippen LogP contribution in [0.4, 0.5) is 0 Å². The summed E-state index contributed by atoms with van der Waals surface area (Å²) in [6.45, 7) is 5.89. The normalized spacial score (nSPS) is 29.4. The van der Waals surface area contributed by atoms with E-state index < -0.39 is 0 Å². The largest absolute Gasteiger partial charge is 0.377 e. The number of nitrogens with zero attached hydrogens (tertiary/aromatic N) is 1. The molecule has 0 saturated carbocycles. The van der Waals surface area contributed by atoms with Crippen molar-refractivity contribution < 1.29 is 4.74 Å². The van der Waals surface area contributed by atoms with Crippen LogP contribution < -0.4 is 5.32 Å². The topological polar surface area (TPSA) is 24.5 Å². The minimum atomic E-state index is 0.523. The first-order valence-corrected chi connectivity index (χ1v) is 6.87. The van der Waals surface area contributed by atoms with E-state index in [0.29, 0.717) is 6.10 Å². The molecule has 0 amide bonds. The van der Waals surface area contributed by atoms with Gasteiger partial charge in [-0.3, -0.25) is 0 Å². The van der Waals surface area contributed by atoms with Gasteiger partial charge in [0, 0.05) is 13.2 Å². The van der Waals surface area contributed by atoms with E-state index in [0.717, 1.165) is 12.5 Å². The zero-order valence-electron chi connectivity index (χ0n) is 10.6.